The van der Waals surface area contributed by atoms with Crippen LogP contribution in [-0.2, 0) is 4.79 Å². The van der Waals surface area contributed by atoms with E-state index in [2.05, 4.69) is 15.5 Å². The summed E-state index contributed by atoms with van der Waals surface area (Å²) >= 11 is 0. The third-order valence-electron chi connectivity index (χ3n) is 3.96. The molecule has 122 valence electrons. The summed E-state index contributed by atoms with van der Waals surface area (Å²) in [4.78, 5) is 14.4. The number of nitrogens with zero attached hydrogens (tertiary/aromatic N) is 1. The van der Waals surface area contributed by atoms with Gasteiger partial charge in [-0.05, 0) is 38.6 Å². The second kappa shape index (κ2) is 8.00. The van der Waals surface area contributed by atoms with Crippen molar-refractivity contribution in [3.8, 4) is 11.5 Å². The first-order valence-electron chi connectivity index (χ1n) is 7.57. The van der Waals surface area contributed by atoms with Gasteiger partial charge in [-0.3, -0.25) is 9.69 Å². The number of likely N-dealkylation sites (N-methyl/N-ethyl adjacent to an activating group) is 1. The number of methoxy groups -OCH3 is 2. The van der Waals surface area contributed by atoms with Gasteiger partial charge in [0.2, 0.25) is 5.91 Å². The number of anilines is 1. The van der Waals surface area contributed by atoms with E-state index in [9.17, 15) is 4.79 Å². The third kappa shape index (κ3) is 4.35. The molecule has 0 saturated carbocycles. The fourth-order valence-corrected chi connectivity index (χ4v) is 2.74. The van der Waals surface area contributed by atoms with Gasteiger partial charge in [0.05, 0.1) is 26.5 Å². The molecule has 2 rings (SSSR count). The van der Waals surface area contributed by atoms with Crippen molar-refractivity contribution in [1.82, 2.24) is 10.2 Å². The predicted molar refractivity (Wildman–Crippen MR) is 86.7 cm³/mol. The maximum atomic E-state index is 12.3. The van der Waals surface area contributed by atoms with E-state index >= 15 is 0 Å². The molecule has 1 fully saturated rings. The summed E-state index contributed by atoms with van der Waals surface area (Å²) in [5, 5.41) is 6.19. The first-order valence-corrected chi connectivity index (χ1v) is 7.57. The van der Waals surface area contributed by atoms with Crippen LogP contribution in [0.1, 0.15) is 12.8 Å². The molecule has 0 spiro atoms. The molecule has 2 N–H and O–H groups in total. The van der Waals surface area contributed by atoms with Gasteiger partial charge < -0.3 is 20.1 Å². The first kappa shape index (κ1) is 16.6. The van der Waals surface area contributed by atoms with Gasteiger partial charge in [0.1, 0.15) is 11.5 Å². The Morgan fingerprint density at radius 1 is 1.36 bits per heavy atom. The van der Waals surface area contributed by atoms with Crippen LogP contribution in [0, 0.1) is 0 Å². The molecule has 1 aromatic rings. The Morgan fingerprint density at radius 3 is 2.86 bits per heavy atom. The Balaban J connectivity index is 1.96. The Labute approximate surface area is 131 Å². The van der Waals surface area contributed by atoms with Gasteiger partial charge in [-0.2, -0.15) is 0 Å². The number of amides is 1. The van der Waals surface area contributed by atoms with Gasteiger partial charge in [-0.1, -0.05) is 0 Å². The Kier molecular flexibility index (Phi) is 6.03. The Bertz CT molecular complexity index is 507. The lowest BCUT2D eigenvalue weighted by Crippen LogP contribution is -2.46. The molecule has 0 radical (unpaired) electrons. The number of carbonyl (C=O) groups is 1. The van der Waals surface area contributed by atoms with E-state index in [4.69, 9.17) is 9.47 Å². The number of benzene rings is 1. The van der Waals surface area contributed by atoms with Gasteiger partial charge in [0.25, 0.3) is 0 Å². The van der Waals surface area contributed by atoms with Crippen molar-refractivity contribution in [3.63, 3.8) is 0 Å². The zero-order valence-electron chi connectivity index (χ0n) is 13.5. The monoisotopic (exact) mass is 307 g/mol. The first-order chi connectivity index (χ1) is 10.7. The van der Waals surface area contributed by atoms with Gasteiger partial charge >= 0.3 is 0 Å². The normalized spacial score (nSPS) is 18.8. The summed E-state index contributed by atoms with van der Waals surface area (Å²) in [5.41, 5.74) is 0.633. The smallest absolute Gasteiger partial charge is 0.238 e. The highest BCUT2D eigenvalue weighted by Gasteiger charge is 2.20. The van der Waals surface area contributed by atoms with Crippen molar-refractivity contribution in [2.45, 2.75) is 18.9 Å². The van der Waals surface area contributed by atoms with Crippen molar-refractivity contribution in [2.75, 3.05) is 46.2 Å². The van der Waals surface area contributed by atoms with E-state index in [1.807, 2.05) is 7.05 Å². The zero-order valence-corrected chi connectivity index (χ0v) is 13.5. The van der Waals surface area contributed by atoms with Crippen molar-refractivity contribution in [1.29, 1.82) is 0 Å². The van der Waals surface area contributed by atoms with E-state index < -0.39 is 0 Å². The summed E-state index contributed by atoms with van der Waals surface area (Å²) in [7, 11) is 5.15. The minimum Gasteiger partial charge on any atom is -0.497 e. The molecule has 6 heteroatoms. The van der Waals surface area contributed by atoms with Crippen LogP contribution >= 0.6 is 0 Å². The quantitative estimate of drug-likeness (QED) is 0.830. The second-order valence-corrected chi connectivity index (χ2v) is 5.48. The number of hydrogen-bond acceptors (Lipinski definition) is 5. The van der Waals surface area contributed by atoms with Crippen LogP contribution in [0.15, 0.2) is 18.2 Å². The SMILES string of the molecule is CNC1CCCN(CC(=O)Nc2cc(OC)ccc2OC)C1. The van der Waals surface area contributed by atoms with Crippen LogP contribution < -0.4 is 20.1 Å². The standard InChI is InChI=1S/C16H25N3O3/c1-17-12-5-4-8-19(10-12)11-16(20)18-14-9-13(21-2)6-7-15(14)22-3/h6-7,9,12,17H,4-5,8,10-11H2,1-3H3,(H,18,20). The molecular formula is C16H25N3O3. The lowest BCUT2D eigenvalue weighted by atomic mass is 10.1. The lowest BCUT2D eigenvalue weighted by Gasteiger charge is -2.31. The van der Waals surface area contributed by atoms with Crippen LogP contribution in [0.25, 0.3) is 0 Å². The fraction of sp³-hybridized carbons (Fsp3) is 0.562. The van der Waals surface area contributed by atoms with E-state index in [1.54, 1.807) is 32.4 Å². The molecule has 22 heavy (non-hydrogen) atoms. The summed E-state index contributed by atoms with van der Waals surface area (Å²) in [6.07, 6.45) is 2.28. The van der Waals surface area contributed by atoms with Crippen LogP contribution in [-0.4, -0.2) is 57.8 Å². The number of piperidine rings is 1. The Hall–Kier alpha value is -1.79. The van der Waals surface area contributed by atoms with E-state index in [0.29, 0.717) is 29.8 Å². The molecule has 1 aromatic carbocycles. The van der Waals surface area contributed by atoms with E-state index in [0.717, 1.165) is 19.5 Å². The molecule has 1 aliphatic heterocycles. The summed E-state index contributed by atoms with van der Waals surface area (Å²) < 4.78 is 10.5. The highest BCUT2D eigenvalue weighted by molar-refractivity contribution is 5.94. The molecule has 1 amide bonds. The third-order valence-corrected chi connectivity index (χ3v) is 3.96. The van der Waals surface area contributed by atoms with E-state index in [-0.39, 0.29) is 5.91 Å². The fourth-order valence-electron chi connectivity index (χ4n) is 2.74. The number of carbonyl (C=O) groups excluding carboxylic acids is 1. The summed E-state index contributed by atoms with van der Waals surface area (Å²) in [5.74, 6) is 1.27. The number of hydrogen-bond donors (Lipinski definition) is 2. The average molecular weight is 307 g/mol. The van der Waals surface area contributed by atoms with Crippen LogP contribution in [0.4, 0.5) is 5.69 Å². The van der Waals surface area contributed by atoms with Crippen molar-refractivity contribution >= 4 is 11.6 Å². The summed E-state index contributed by atoms with van der Waals surface area (Å²) in [6.45, 7) is 2.25. The van der Waals surface area contributed by atoms with Crippen molar-refractivity contribution in [2.24, 2.45) is 0 Å². The molecule has 1 heterocycles. The summed E-state index contributed by atoms with van der Waals surface area (Å²) in [6, 6.07) is 5.82. The molecule has 0 aliphatic carbocycles. The van der Waals surface area contributed by atoms with Crippen LogP contribution in [0.5, 0.6) is 11.5 Å². The molecule has 1 unspecified atom stereocenters. The second-order valence-electron chi connectivity index (χ2n) is 5.48. The highest BCUT2D eigenvalue weighted by Crippen LogP contribution is 2.28. The van der Waals surface area contributed by atoms with Gasteiger partial charge in [0.15, 0.2) is 0 Å². The molecular weight excluding hydrogens is 282 g/mol. The number of rotatable bonds is 6. The Morgan fingerprint density at radius 2 is 2.18 bits per heavy atom. The molecule has 1 aliphatic rings. The van der Waals surface area contributed by atoms with Gasteiger partial charge in [-0.15, -0.1) is 0 Å². The zero-order chi connectivity index (χ0) is 15.9. The van der Waals surface area contributed by atoms with Gasteiger partial charge in [0, 0.05) is 18.7 Å². The lowest BCUT2D eigenvalue weighted by molar-refractivity contribution is -0.117. The van der Waals surface area contributed by atoms with Crippen molar-refractivity contribution < 1.29 is 14.3 Å². The minimum atomic E-state index is -0.0386. The average Bonchev–Trinajstić information content (AvgIpc) is 2.54. The minimum absolute atomic E-state index is 0.0386. The van der Waals surface area contributed by atoms with Crippen molar-refractivity contribution in [3.05, 3.63) is 18.2 Å². The number of ether oxygens (including phenoxy) is 2. The molecule has 1 saturated heterocycles. The molecule has 6 nitrogen and oxygen atoms in total. The number of nitrogens with one attached hydrogen (secondary N) is 2. The highest BCUT2D eigenvalue weighted by atomic mass is 16.5. The molecule has 1 atom stereocenters. The van der Waals surface area contributed by atoms with Gasteiger partial charge in [-0.25, -0.2) is 0 Å². The van der Waals surface area contributed by atoms with Crippen LogP contribution in [0.2, 0.25) is 0 Å². The maximum absolute atomic E-state index is 12.3. The van der Waals surface area contributed by atoms with Crippen LogP contribution in [0.3, 0.4) is 0 Å². The number of likely N-dealkylation sites (tertiary alicyclic amines) is 1. The molecule has 0 aromatic heterocycles. The largest absolute Gasteiger partial charge is 0.497 e. The molecule has 0 bridgehead atoms. The topological polar surface area (TPSA) is 62.8 Å². The predicted octanol–water partition coefficient (Wildman–Crippen LogP) is 1.33. The maximum Gasteiger partial charge on any atom is 0.238 e. The van der Waals surface area contributed by atoms with E-state index in [1.165, 1.54) is 6.42 Å².